The average Bonchev–Trinajstić information content (AvgIpc) is 3.68. The van der Waals surface area contributed by atoms with E-state index < -0.39 is 16.9 Å². The molecule has 6 rings (SSSR count). The second-order valence-corrected chi connectivity index (χ2v) is 11.7. The number of allylic oxidation sites excluding steroid dienone is 4. The van der Waals surface area contributed by atoms with E-state index in [0.29, 0.717) is 18.8 Å². The molecular weight excluding hydrogens is 442 g/mol. The molecule has 184 valence electrons. The SMILES string of the molecule is C#CC(F)(F)[C@]1(O)CC[C@H]2[C@@H]3CCC4=C/C(=N/N)CCC4=C3[C@H](c3ccc(C4CC4)cc3)C[C@@]21C. The summed E-state index contributed by atoms with van der Waals surface area (Å²) in [5.74, 6) is 4.52. The predicted octanol–water partition coefficient (Wildman–Crippen LogP) is 6.21. The molecular formula is C30H34F2N2O. The Morgan fingerprint density at radius 3 is 2.46 bits per heavy atom. The van der Waals surface area contributed by atoms with Crippen LogP contribution in [-0.2, 0) is 0 Å². The fraction of sp³-hybridized carbons (Fsp3) is 0.567. The highest BCUT2D eigenvalue weighted by atomic mass is 19.3. The molecule has 35 heavy (non-hydrogen) atoms. The van der Waals surface area contributed by atoms with Gasteiger partial charge in [0.15, 0.2) is 0 Å². The van der Waals surface area contributed by atoms with E-state index >= 15 is 8.78 Å². The molecule has 0 bridgehead atoms. The van der Waals surface area contributed by atoms with E-state index in [1.54, 1.807) is 5.92 Å². The molecule has 1 aromatic rings. The molecule has 0 saturated heterocycles. The highest BCUT2D eigenvalue weighted by molar-refractivity contribution is 5.97. The van der Waals surface area contributed by atoms with Crippen molar-refractivity contribution in [3.05, 3.63) is 58.2 Å². The van der Waals surface area contributed by atoms with Crippen molar-refractivity contribution in [1.29, 1.82) is 0 Å². The molecule has 0 heterocycles. The quantitative estimate of drug-likeness (QED) is 0.310. The van der Waals surface area contributed by atoms with Crippen molar-refractivity contribution in [1.82, 2.24) is 0 Å². The molecule has 3 N–H and O–H groups in total. The molecule has 0 aliphatic heterocycles. The summed E-state index contributed by atoms with van der Waals surface area (Å²) in [6.07, 6.45) is 14.5. The molecule has 5 aliphatic carbocycles. The minimum Gasteiger partial charge on any atom is -0.382 e. The Hall–Kier alpha value is -2.45. The van der Waals surface area contributed by atoms with Gasteiger partial charge in [-0.25, -0.2) is 0 Å². The number of hydrogen-bond acceptors (Lipinski definition) is 3. The van der Waals surface area contributed by atoms with Crippen molar-refractivity contribution in [2.24, 2.45) is 28.2 Å². The standard InChI is InChI=1S/C30H34F2N2O/c1-3-30(31,32)29(35)15-14-26-24-12-10-21-16-22(34-33)11-13-23(21)27(24)25(17-28(26,29)2)20-8-6-19(7-9-20)18-4-5-18/h1,6-9,16,18,24-26,35H,4-5,10-15,17,33H2,2H3/b34-22+/t24-,25-,26-,28-,29-/m0/s1. The maximum absolute atomic E-state index is 15.2. The summed E-state index contributed by atoms with van der Waals surface area (Å²) in [4.78, 5) is 0. The fourth-order valence-electron chi connectivity index (χ4n) is 8.13. The molecule has 3 nitrogen and oxygen atoms in total. The lowest BCUT2D eigenvalue weighted by Gasteiger charge is -2.55. The second kappa shape index (κ2) is 7.77. The first-order chi connectivity index (χ1) is 16.7. The van der Waals surface area contributed by atoms with Crippen LogP contribution in [0, 0.1) is 29.6 Å². The van der Waals surface area contributed by atoms with Crippen LogP contribution in [-0.4, -0.2) is 22.3 Å². The van der Waals surface area contributed by atoms with E-state index in [1.165, 1.54) is 40.7 Å². The lowest BCUT2D eigenvalue weighted by molar-refractivity contribution is -0.209. The van der Waals surface area contributed by atoms with Crippen LogP contribution >= 0.6 is 0 Å². The van der Waals surface area contributed by atoms with Crippen LogP contribution in [0.1, 0.15) is 87.7 Å². The maximum atomic E-state index is 15.2. The van der Waals surface area contributed by atoms with E-state index in [9.17, 15) is 5.11 Å². The fourth-order valence-corrected chi connectivity index (χ4v) is 8.13. The van der Waals surface area contributed by atoms with Crippen molar-refractivity contribution in [2.75, 3.05) is 0 Å². The molecule has 1 aromatic carbocycles. The van der Waals surface area contributed by atoms with Crippen LogP contribution in [0.25, 0.3) is 0 Å². The first kappa shape index (κ1) is 23.0. The minimum atomic E-state index is -3.56. The molecule has 3 fully saturated rings. The van der Waals surface area contributed by atoms with Crippen molar-refractivity contribution in [3.63, 3.8) is 0 Å². The number of halogens is 2. The Bertz CT molecular complexity index is 1190. The molecule has 5 heteroatoms. The first-order valence-corrected chi connectivity index (χ1v) is 13.1. The minimum absolute atomic E-state index is 0.0113. The van der Waals surface area contributed by atoms with Crippen LogP contribution in [0.2, 0.25) is 0 Å². The molecule has 0 radical (unpaired) electrons. The third-order valence-corrected chi connectivity index (χ3v) is 10.2. The zero-order valence-electron chi connectivity index (χ0n) is 20.4. The van der Waals surface area contributed by atoms with Gasteiger partial charge >= 0.3 is 5.92 Å². The average molecular weight is 477 g/mol. The van der Waals surface area contributed by atoms with E-state index in [0.717, 1.165) is 31.4 Å². The molecule has 5 atom stereocenters. The maximum Gasteiger partial charge on any atom is 0.336 e. The van der Waals surface area contributed by atoms with Gasteiger partial charge in [-0.3, -0.25) is 0 Å². The number of hydrogen-bond donors (Lipinski definition) is 2. The van der Waals surface area contributed by atoms with Crippen LogP contribution in [0.3, 0.4) is 0 Å². The summed E-state index contributed by atoms with van der Waals surface area (Å²) >= 11 is 0. The number of aliphatic hydroxyl groups is 1. The van der Waals surface area contributed by atoms with Crippen molar-refractivity contribution < 1.29 is 13.9 Å². The van der Waals surface area contributed by atoms with Crippen LogP contribution < -0.4 is 5.84 Å². The van der Waals surface area contributed by atoms with Gasteiger partial charge in [0.05, 0.1) is 5.71 Å². The summed E-state index contributed by atoms with van der Waals surface area (Å²) < 4.78 is 30.4. The van der Waals surface area contributed by atoms with Gasteiger partial charge < -0.3 is 10.9 Å². The zero-order valence-corrected chi connectivity index (χ0v) is 20.4. The topological polar surface area (TPSA) is 58.6 Å². The van der Waals surface area contributed by atoms with Gasteiger partial charge in [-0.05, 0) is 110 Å². The van der Waals surface area contributed by atoms with Crippen molar-refractivity contribution in [2.45, 2.75) is 88.1 Å². The van der Waals surface area contributed by atoms with Crippen LogP contribution in [0.5, 0.6) is 0 Å². The Labute approximate surface area is 206 Å². The number of terminal acetylenes is 1. The summed E-state index contributed by atoms with van der Waals surface area (Å²) in [5, 5.41) is 15.6. The number of hydrazone groups is 1. The number of nitrogens with two attached hydrogens (primary N) is 1. The highest BCUT2D eigenvalue weighted by Crippen LogP contribution is 2.69. The highest BCUT2D eigenvalue weighted by Gasteiger charge is 2.71. The smallest absolute Gasteiger partial charge is 0.336 e. The van der Waals surface area contributed by atoms with Gasteiger partial charge in [0.25, 0.3) is 0 Å². The van der Waals surface area contributed by atoms with Gasteiger partial charge in [0.2, 0.25) is 0 Å². The molecule has 5 aliphatic rings. The van der Waals surface area contributed by atoms with Gasteiger partial charge in [0.1, 0.15) is 5.60 Å². The normalized spacial score (nSPS) is 37.9. The Balaban J connectivity index is 1.50. The lowest BCUT2D eigenvalue weighted by Crippen LogP contribution is -2.60. The van der Waals surface area contributed by atoms with Gasteiger partial charge in [-0.15, -0.1) is 6.42 Å². The third-order valence-electron chi connectivity index (χ3n) is 10.2. The molecule has 0 amide bonds. The van der Waals surface area contributed by atoms with E-state index in [1.807, 2.05) is 6.92 Å². The summed E-state index contributed by atoms with van der Waals surface area (Å²) in [6.45, 7) is 1.88. The Morgan fingerprint density at radius 2 is 1.80 bits per heavy atom. The molecule has 0 unspecified atom stereocenters. The number of rotatable bonds is 3. The van der Waals surface area contributed by atoms with E-state index in [2.05, 4.69) is 35.4 Å². The summed E-state index contributed by atoms with van der Waals surface area (Å²) in [5.41, 5.74) is 4.40. The first-order valence-electron chi connectivity index (χ1n) is 13.1. The van der Waals surface area contributed by atoms with E-state index in [4.69, 9.17) is 12.3 Å². The zero-order chi connectivity index (χ0) is 24.6. The second-order valence-electron chi connectivity index (χ2n) is 11.7. The number of benzene rings is 1. The van der Waals surface area contributed by atoms with Gasteiger partial charge in [-0.1, -0.05) is 36.8 Å². The predicted molar refractivity (Wildman–Crippen MR) is 134 cm³/mol. The van der Waals surface area contributed by atoms with Crippen molar-refractivity contribution >= 4 is 5.71 Å². The molecule has 3 saturated carbocycles. The Kier molecular flexibility index (Phi) is 5.10. The summed E-state index contributed by atoms with van der Waals surface area (Å²) in [6, 6.07) is 8.84. The van der Waals surface area contributed by atoms with Gasteiger partial charge in [-0.2, -0.15) is 13.9 Å². The third kappa shape index (κ3) is 3.22. The molecule has 0 spiro atoms. The number of fused-ring (bicyclic) bond motifs is 4. The van der Waals surface area contributed by atoms with Crippen LogP contribution in [0.15, 0.2) is 52.2 Å². The number of nitrogens with zero attached hydrogens (tertiary/aromatic N) is 1. The van der Waals surface area contributed by atoms with Gasteiger partial charge in [0, 0.05) is 11.3 Å². The van der Waals surface area contributed by atoms with Crippen molar-refractivity contribution in [3.8, 4) is 12.3 Å². The largest absolute Gasteiger partial charge is 0.382 e. The lowest BCUT2D eigenvalue weighted by atomic mass is 9.50. The number of alkyl halides is 2. The monoisotopic (exact) mass is 476 g/mol. The summed E-state index contributed by atoms with van der Waals surface area (Å²) in [7, 11) is 0. The molecule has 0 aromatic heterocycles. The van der Waals surface area contributed by atoms with E-state index in [-0.39, 0.29) is 24.2 Å². The van der Waals surface area contributed by atoms with Crippen LogP contribution in [0.4, 0.5) is 8.78 Å². The Morgan fingerprint density at radius 1 is 1.09 bits per heavy atom.